The normalized spacial score (nSPS) is 14.5. The van der Waals surface area contributed by atoms with Crippen molar-refractivity contribution in [3.8, 4) is 11.6 Å². The number of piperazine rings is 1. The second kappa shape index (κ2) is 7.65. The van der Waals surface area contributed by atoms with Crippen molar-refractivity contribution in [2.24, 2.45) is 0 Å². The molecule has 0 radical (unpaired) electrons. The molecule has 1 amide bonds. The maximum Gasteiger partial charge on any atom is 0.224 e. The average Bonchev–Trinajstić information content (AvgIpc) is 2.64. The Morgan fingerprint density at radius 2 is 2.00 bits per heavy atom. The number of rotatable bonds is 4. The van der Waals surface area contributed by atoms with Crippen LogP contribution in [-0.2, 0) is 4.79 Å². The molecule has 0 atom stereocenters. The number of carbonyl (C=O) groups excluding carboxylic acids is 1. The number of amides is 1. The highest BCUT2D eigenvalue weighted by molar-refractivity contribution is 6.30. The Labute approximate surface area is 150 Å². The molecule has 0 spiro atoms. The number of halogens is 2. The van der Waals surface area contributed by atoms with Gasteiger partial charge >= 0.3 is 0 Å². The highest BCUT2D eigenvalue weighted by Crippen LogP contribution is 2.26. The first kappa shape index (κ1) is 17.4. The van der Waals surface area contributed by atoms with E-state index in [1.165, 1.54) is 24.5 Å². The molecule has 1 fully saturated rings. The molecule has 6 nitrogen and oxygen atoms in total. The maximum atomic E-state index is 13.2. The van der Waals surface area contributed by atoms with Gasteiger partial charge in [-0.3, -0.25) is 4.79 Å². The van der Waals surface area contributed by atoms with Gasteiger partial charge in [0.05, 0.1) is 5.02 Å². The van der Waals surface area contributed by atoms with Crippen molar-refractivity contribution in [2.45, 2.75) is 13.3 Å². The molecule has 1 saturated heterocycles. The zero-order valence-corrected chi connectivity index (χ0v) is 14.5. The van der Waals surface area contributed by atoms with Crippen LogP contribution in [0.25, 0.3) is 0 Å². The Kier molecular flexibility index (Phi) is 5.33. The van der Waals surface area contributed by atoms with E-state index in [1.54, 1.807) is 6.07 Å². The predicted octanol–water partition coefficient (Wildman–Crippen LogP) is 3.12. The standard InChI is InChI=1S/C17H18ClFN4O2/c1-2-17(24)23-7-5-22(6-8-23)15-10-16(21-11-20-15)25-12-3-4-14(19)13(18)9-12/h3-4,9-11H,2,5-8H2,1H3. The monoisotopic (exact) mass is 364 g/mol. The van der Waals surface area contributed by atoms with Gasteiger partial charge in [-0.25, -0.2) is 14.4 Å². The van der Waals surface area contributed by atoms with Gasteiger partial charge in [-0.15, -0.1) is 0 Å². The van der Waals surface area contributed by atoms with Crippen LogP contribution in [0, 0.1) is 5.82 Å². The predicted molar refractivity (Wildman–Crippen MR) is 92.6 cm³/mol. The molecule has 1 aliphatic rings. The van der Waals surface area contributed by atoms with Gasteiger partial charge in [-0.05, 0) is 12.1 Å². The lowest BCUT2D eigenvalue weighted by molar-refractivity contribution is -0.131. The second-order valence-corrected chi connectivity index (χ2v) is 6.02. The van der Waals surface area contributed by atoms with Gasteiger partial charge in [0.1, 0.15) is 23.7 Å². The van der Waals surface area contributed by atoms with E-state index in [0.717, 1.165) is 5.82 Å². The number of ether oxygens (including phenoxy) is 1. The highest BCUT2D eigenvalue weighted by atomic mass is 35.5. The maximum absolute atomic E-state index is 13.2. The van der Waals surface area contributed by atoms with E-state index in [-0.39, 0.29) is 10.9 Å². The summed E-state index contributed by atoms with van der Waals surface area (Å²) in [5, 5.41) is -0.0107. The highest BCUT2D eigenvalue weighted by Gasteiger charge is 2.21. The average molecular weight is 365 g/mol. The molecule has 2 aromatic rings. The van der Waals surface area contributed by atoms with Gasteiger partial charge in [0.25, 0.3) is 0 Å². The van der Waals surface area contributed by atoms with E-state index in [9.17, 15) is 9.18 Å². The van der Waals surface area contributed by atoms with E-state index in [1.807, 2.05) is 11.8 Å². The zero-order chi connectivity index (χ0) is 17.8. The Morgan fingerprint density at radius 1 is 1.24 bits per heavy atom. The lowest BCUT2D eigenvalue weighted by atomic mass is 10.3. The van der Waals surface area contributed by atoms with Crippen LogP contribution in [0.15, 0.2) is 30.6 Å². The number of nitrogens with zero attached hydrogens (tertiary/aromatic N) is 4. The SMILES string of the molecule is CCC(=O)N1CCN(c2cc(Oc3ccc(F)c(Cl)c3)ncn2)CC1. The number of hydrogen-bond donors (Lipinski definition) is 0. The van der Waals surface area contributed by atoms with Crippen molar-refractivity contribution in [1.82, 2.24) is 14.9 Å². The fourth-order valence-electron chi connectivity index (χ4n) is 2.63. The fraction of sp³-hybridized carbons (Fsp3) is 0.353. The molecule has 3 rings (SSSR count). The molecule has 8 heteroatoms. The van der Waals surface area contributed by atoms with Crippen molar-refractivity contribution in [3.05, 3.63) is 41.4 Å². The Hall–Kier alpha value is -2.41. The minimum absolute atomic E-state index is 0.0107. The molecule has 0 aliphatic carbocycles. The third kappa shape index (κ3) is 4.17. The molecular formula is C17H18ClFN4O2. The van der Waals surface area contributed by atoms with E-state index in [2.05, 4.69) is 14.9 Å². The zero-order valence-electron chi connectivity index (χ0n) is 13.8. The summed E-state index contributed by atoms with van der Waals surface area (Å²) in [5.74, 6) is 1.13. The molecule has 132 valence electrons. The van der Waals surface area contributed by atoms with Crippen molar-refractivity contribution >= 4 is 23.3 Å². The van der Waals surface area contributed by atoms with Gasteiger partial charge in [0.15, 0.2) is 0 Å². The largest absolute Gasteiger partial charge is 0.439 e. The number of benzene rings is 1. The van der Waals surface area contributed by atoms with Crippen molar-refractivity contribution in [3.63, 3.8) is 0 Å². The quantitative estimate of drug-likeness (QED) is 0.834. The fourth-order valence-corrected chi connectivity index (χ4v) is 2.80. The molecule has 0 N–H and O–H groups in total. The van der Waals surface area contributed by atoms with Gasteiger partial charge in [0.2, 0.25) is 11.8 Å². The summed E-state index contributed by atoms with van der Waals surface area (Å²) in [4.78, 5) is 24.0. The van der Waals surface area contributed by atoms with Gasteiger partial charge in [0, 0.05) is 44.7 Å². The summed E-state index contributed by atoms with van der Waals surface area (Å²) in [6, 6.07) is 5.84. The minimum Gasteiger partial charge on any atom is -0.439 e. The smallest absolute Gasteiger partial charge is 0.224 e. The summed E-state index contributed by atoms with van der Waals surface area (Å²) in [7, 11) is 0. The van der Waals surface area contributed by atoms with Gasteiger partial charge in [-0.1, -0.05) is 18.5 Å². The lowest BCUT2D eigenvalue weighted by Crippen LogP contribution is -2.48. The van der Waals surface area contributed by atoms with Crippen LogP contribution in [-0.4, -0.2) is 47.0 Å². The third-order valence-electron chi connectivity index (χ3n) is 4.00. The third-order valence-corrected chi connectivity index (χ3v) is 4.29. The Bertz CT molecular complexity index is 766. The van der Waals surface area contributed by atoms with Crippen LogP contribution >= 0.6 is 11.6 Å². The molecule has 1 aliphatic heterocycles. The number of hydrogen-bond acceptors (Lipinski definition) is 5. The molecule has 0 bridgehead atoms. The molecule has 1 aromatic heterocycles. The van der Waals surface area contributed by atoms with Crippen LogP contribution in [0.1, 0.15) is 13.3 Å². The molecule has 25 heavy (non-hydrogen) atoms. The first-order valence-corrected chi connectivity index (χ1v) is 8.42. The number of aromatic nitrogens is 2. The van der Waals surface area contributed by atoms with Crippen LogP contribution in [0.3, 0.4) is 0 Å². The van der Waals surface area contributed by atoms with Crippen LogP contribution in [0.4, 0.5) is 10.2 Å². The summed E-state index contributed by atoms with van der Waals surface area (Å²) >= 11 is 5.76. The van der Waals surface area contributed by atoms with E-state index in [0.29, 0.717) is 44.2 Å². The first-order chi connectivity index (χ1) is 12.1. The summed E-state index contributed by atoms with van der Waals surface area (Å²) in [6.07, 6.45) is 1.94. The Balaban J connectivity index is 1.67. The summed E-state index contributed by atoms with van der Waals surface area (Å²) < 4.78 is 18.8. The van der Waals surface area contributed by atoms with E-state index < -0.39 is 5.82 Å². The van der Waals surface area contributed by atoms with Crippen LogP contribution in [0.2, 0.25) is 5.02 Å². The van der Waals surface area contributed by atoms with Crippen LogP contribution < -0.4 is 9.64 Å². The molecule has 0 saturated carbocycles. The Morgan fingerprint density at radius 3 is 2.68 bits per heavy atom. The van der Waals surface area contributed by atoms with Crippen molar-refractivity contribution in [1.29, 1.82) is 0 Å². The summed E-state index contributed by atoms with van der Waals surface area (Å²) in [5.41, 5.74) is 0. The topological polar surface area (TPSA) is 58.6 Å². The van der Waals surface area contributed by atoms with Crippen LogP contribution in [0.5, 0.6) is 11.6 Å². The molecule has 0 unspecified atom stereocenters. The van der Waals surface area contributed by atoms with E-state index in [4.69, 9.17) is 16.3 Å². The number of carbonyl (C=O) groups is 1. The van der Waals surface area contributed by atoms with Crippen molar-refractivity contribution < 1.29 is 13.9 Å². The first-order valence-electron chi connectivity index (χ1n) is 8.04. The van der Waals surface area contributed by atoms with Gasteiger partial charge in [-0.2, -0.15) is 0 Å². The lowest BCUT2D eigenvalue weighted by Gasteiger charge is -2.35. The molecular weight excluding hydrogens is 347 g/mol. The van der Waals surface area contributed by atoms with Gasteiger partial charge < -0.3 is 14.5 Å². The minimum atomic E-state index is -0.503. The van der Waals surface area contributed by atoms with Crippen molar-refractivity contribution in [2.75, 3.05) is 31.1 Å². The molecule has 1 aromatic carbocycles. The summed E-state index contributed by atoms with van der Waals surface area (Å²) in [6.45, 7) is 4.60. The second-order valence-electron chi connectivity index (χ2n) is 5.61. The van der Waals surface area contributed by atoms with E-state index >= 15 is 0 Å². The number of anilines is 1. The molecule has 2 heterocycles.